The molecule has 0 aliphatic carbocycles. The number of aliphatic hydroxyl groups is 1. The van der Waals surface area contributed by atoms with E-state index in [4.69, 9.17) is 4.74 Å². The highest BCUT2D eigenvalue weighted by Crippen LogP contribution is 2.18. The third-order valence-electron chi connectivity index (χ3n) is 2.48. The predicted octanol–water partition coefficient (Wildman–Crippen LogP) is 2.32. The second-order valence-electron chi connectivity index (χ2n) is 3.56. The van der Waals surface area contributed by atoms with Crippen molar-refractivity contribution in [2.75, 3.05) is 7.11 Å². The molecular formula is C12H18O2. The normalized spacial score (nSPS) is 12.6. The van der Waals surface area contributed by atoms with Gasteiger partial charge < -0.3 is 9.84 Å². The Morgan fingerprint density at radius 1 is 1.43 bits per heavy atom. The van der Waals surface area contributed by atoms with E-state index < -0.39 is 0 Å². The lowest BCUT2D eigenvalue weighted by Crippen LogP contribution is -2.09. The van der Waals surface area contributed by atoms with Crippen molar-refractivity contribution in [1.82, 2.24) is 0 Å². The molecule has 0 heterocycles. The van der Waals surface area contributed by atoms with Crippen molar-refractivity contribution in [3.05, 3.63) is 29.3 Å². The molecule has 0 amide bonds. The molecule has 1 aromatic rings. The van der Waals surface area contributed by atoms with Crippen LogP contribution in [-0.4, -0.2) is 18.3 Å². The maximum Gasteiger partial charge on any atom is 0.119 e. The molecule has 1 atom stereocenters. The molecule has 0 aliphatic rings. The van der Waals surface area contributed by atoms with Crippen LogP contribution in [0.4, 0.5) is 0 Å². The van der Waals surface area contributed by atoms with Crippen LogP contribution >= 0.6 is 0 Å². The van der Waals surface area contributed by atoms with Crippen LogP contribution in [0.3, 0.4) is 0 Å². The first-order chi connectivity index (χ1) is 6.67. The monoisotopic (exact) mass is 194 g/mol. The molecule has 1 N–H and O–H groups in total. The summed E-state index contributed by atoms with van der Waals surface area (Å²) in [5.41, 5.74) is 2.37. The summed E-state index contributed by atoms with van der Waals surface area (Å²) in [6.07, 6.45) is 1.29. The Bertz CT molecular complexity index is 294. The van der Waals surface area contributed by atoms with Gasteiger partial charge in [-0.2, -0.15) is 0 Å². The van der Waals surface area contributed by atoms with E-state index in [1.807, 2.05) is 32.0 Å². The molecule has 0 unspecified atom stereocenters. The fourth-order valence-corrected chi connectivity index (χ4v) is 1.42. The molecule has 0 radical (unpaired) electrons. The van der Waals surface area contributed by atoms with Gasteiger partial charge in [-0.25, -0.2) is 0 Å². The minimum Gasteiger partial charge on any atom is -0.497 e. The van der Waals surface area contributed by atoms with E-state index in [9.17, 15) is 5.11 Å². The lowest BCUT2D eigenvalue weighted by Gasteiger charge is -2.11. The van der Waals surface area contributed by atoms with Crippen molar-refractivity contribution in [2.45, 2.75) is 32.8 Å². The Labute approximate surface area is 85.5 Å². The van der Waals surface area contributed by atoms with Crippen LogP contribution in [-0.2, 0) is 6.42 Å². The maximum atomic E-state index is 9.53. The van der Waals surface area contributed by atoms with Crippen LogP contribution in [0.25, 0.3) is 0 Å². The maximum absolute atomic E-state index is 9.53. The number of benzene rings is 1. The van der Waals surface area contributed by atoms with E-state index in [0.717, 1.165) is 18.6 Å². The van der Waals surface area contributed by atoms with Crippen molar-refractivity contribution in [2.24, 2.45) is 0 Å². The molecular weight excluding hydrogens is 176 g/mol. The summed E-state index contributed by atoms with van der Waals surface area (Å²) in [7, 11) is 1.66. The Hall–Kier alpha value is -1.02. The minimum absolute atomic E-state index is 0.234. The number of methoxy groups -OCH3 is 1. The van der Waals surface area contributed by atoms with Crippen molar-refractivity contribution in [3.63, 3.8) is 0 Å². The number of ether oxygens (including phenoxy) is 1. The summed E-state index contributed by atoms with van der Waals surface area (Å²) >= 11 is 0. The molecule has 0 spiro atoms. The Kier molecular flexibility index (Phi) is 3.96. The molecule has 78 valence electrons. The third-order valence-corrected chi connectivity index (χ3v) is 2.48. The number of aliphatic hydroxyl groups excluding tert-OH is 1. The SMILES string of the molecule is CC[C@@H](O)Cc1ccc(OC)cc1C. The van der Waals surface area contributed by atoms with Crippen molar-refractivity contribution >= 4 is 0 Å². The minimum atomic E-state index is -0.234. The van der Waals surface area contributed by atoms with Gasteiger partial charge in [0, 0.05) is 0 Å². The number of hydrogen-bond donors (Lipinski definition) is 1. The van der Waals surface area contributed by atoms with Gasteiger partial charge >= 0.3 is 0 Å². The smallest absolute Gasteiger partial charge is 0.119 e. The highest BCUT2D eigenvalue weighted by molar-refractivity contribution is 5.35. The van der Waals surface area contributed by atoms with Gasteiger partial charge in [0.05, 0.1) is 13.2 Å². The largest absolute Gasteiger partial charge is 0.497 e. The molecule has 0 saturated heterocycles. The Morgan fingerprint density at radius 2 is 2.14 bits per heavy atom. The predicted molar refractivity (Wildman–Crippen MR) is 57.7 cm³/mol. The van der Waals surface area contributed by atoms with Crippen LogP contribution < -0.4 is 4.74 Å². The topological polar surface area (TPSA) is 29.5 Å². The standard InChI is InChI=1S/C12H18O2/c1-4-11(13)8-10-5-6-12(14-3)7-9(10)2/h5-7,11,13H,4,8H2,1-3H3/t11-/m1/s1. The summed E-state index contributed by atoms with van der Waals surface area (Å²) in [6.45, 7) is 4.03. The average molecular weight is 194 g/mol. The fraction of sp³-hybridized carbons (Fsp3) is 0.500. The van der Waals surface area contributed by atoms with Crippen LogP contribution in [0, 0.1) is 6.92 Å². The van der Waals surface area contributed by atoms with E-state index in [1.165, 1.54) is 11.1 Å². The van der Waals surface area contributed by atoms with Gasteiger partial charge in [0.25, 0.3) is 0 Å². The summed E-state index contributed by atoms with van der Waals surface area (Å²) < 4.78 is 5.12. The van der Waals surface area contributed by atoms with Gasteiger partial charge in [0.2, 0.25) is 0 Å². The summed E-state index contributed by atoms with van der Waals surface area (Å²) in [6, 6.07) is 5.95. The molecule has 0 aromatic heterocycles. The van der Waals surface area contributed by atoms with E-state index in [0.29, 0.717) is 0 Å². The van der Waals surface area contributed by atoms with Gasteiger partial charge in [0.15, 0.2) is 0 Å². The van der Waals surface area contributed by atoms with E-state index in [2.05, 4.69) is 0 Å². The van der Waals surface area contributed by atoms with E-state index >= 15 is 0 Å². The molecule has 0 saturated carbocycles. The average Bonchev–Trinajstić information content (AvgIpc) is 2.20. The van der Waals surface area contributed by atoms with Crippen LogP contribution in [0.5, 0.6) is 5.75 Å². The zero-order chi connectivity index (χ0) is 10.6. The quantitative estimate of drug-likeness (QED) is 0.797. The molecule has 14 heavy (non-hydrogen) atoms. The van der Waals surface area contributed by atoms with Gasteiger partial charge in [-0.1, -0.05) is 13.0 Å². The van der Waals surface area contributed by atoms with Gasteiger partial charge in [-0.05, 0) is 43.0 Å². The summed E-state index contributed by atoms with van der Waals surface area (Å²) in [4.78, 5) is 0. The first kappa shape index (κ1) is 11.1. The zero-order valence-corrected chi connectivity index (χ0v) is 9.08. The molecule has 0 fully saturated rings. The number of aryl methyl sites for hydroxylation is 1. The van der Waals surface area contributed by atoms with Crippen LogP contribution in [0.15, 0.2) is 18.2 Å². The lowest BCUT2D eigenvalue weighted by molar-refractivity contribution is 0.170. The molecule has 1 aromatic carbocycles. The van der Waals surface area contributed by atoms with Crippen molar-refractivity contribution < 1.29 is 9.84 Å². The zero-order valence-electron chi connectivity index (χ0n) is 9.08. The lowest BCUT2D eigenvalue weighted by atomic mass is 10.0. The summed E-state index contributed by atoms with van der Waals surface area (Å²) in [5.74, 6) is 0.872. The summed E-state index contributed by atoms with van der Waals surface area (Å²) in [5, 5.41) is 9.53. The molecule has 2 heteroatoms. The fourth-order valence-electron chi connectivity index (χ4n) is 1.42. The first-order valence-corrected chi connectivity index (χ1v) is 4.99. The Morgan fingerprint density at radius 3 is 2.64 bits per heavy atom. The van der Waals surface area contributed by atoms with Gasteiger partial charge in [-0.3, -0.25) is 0 Å². The molecule has 2 nitrogen and oxygen atoms in total. The highest BCUT2D eigenvalue weighted by Gasteiger charge is 2.05. The van der Waals surface area contributed by atoms with Crippen LogP contribution in [0.1, 0.15) is 24.5 Å². The van der Waals surface area contributed by atoms with Crippen molar-refractivity contribution in [1.29, 1.82) is 0 Å². The molecule has 0 aliphatic heterocycles. The van der Waals surface area contributed by atoms with Gasteiger partial charge in [-0.15, -0.1) is 0 Å². The van der Waals surface area contributed by atoms with Gasteiger partial charge in [0.1, 0.15) is 5.75 Å². The van der Waals surface area contributed by atoms with Crippen LogP contribution in [0.2, 0.25) is 0 Å². The molecule has 0 bridgehead atoms. The number of rotatable bonds is 4. The second-order valence-corrected chi connectivity index (χ2v) is 3.56. The van der Waals surface area contributed by atoms with Crippen molar-refractivity contribution in [3.8, 4) is 5.75 Å². The second kappa shape index (κ2) is 5.01. The highest BCUT2D eigenvalue weighted by atomic mass is 16.5. The van der Waals surface area contributed by atoms with E-state index in [1.54, 1.807) is 7.11 Å². The molecule has 1 rings (SSSR count). The third kappa shape index (κ3) is 2.74. The first-order valence-electron chi connectivity index (χ1n) is 4.99. The Balaban J connectivity index is 2.78. The number of hydrogen-bond acceptors (Lipinski definition) is 2. The van der Waals surface area contributed by atoms with E-state index in [-0.39, 0.29) is 6.10 Å².